The Kier molecular flexibility index (Phi) is 5.30. The number of morpholine rings is 1. The molecular weight excluding hydrogens is 330 g/mol. The second-order valence-electron chi connectivity index (χ2n) is 6.44. The molecule has 1 aromatic heterocycles. The quantitative estimate of drug-likeness (QED) is 0.869. The van der Waals surface area contributed by atoms with E-state index in [1.807, 2.05) is 18.7 Å². The number of rotatable bonds is 2. The predicted octanol–water partition coefficient (Wildman–Crippen LogP) is 1.42. The highest BCUT2D eigenvalue weighted by Crippen LogP contribution is 2.23. The molecule has 8 nitrogen and oxygen atoms in total. The monoisotopic (exact) mass is 353 g/mol. The molecule has 0 saturated carbocycles. The topological polar surface area (TPSA) is 87.7 Å². The molecule has 2 aliphatic rings. The summed E-state index contributed by atoms with van der Waals surface area (Å²) in [5, 5.41) is 10.7. The fraction of sp³-hybridized carbons (Fsp3) is 0.733. The number of hydrogen-bond acceptors (Lipinski definition) is 6. The SMILES string of the molecule is C[C@@H]1CN(C(=O)C2CCN(C(=O)Nc3nncs3)CC2)C[C@@H](C)O1. The number of aromatic nitrogens is 2. The van der Waals surface area contributed by atoms with Crippen LogP contribution >= 0.6 is 11.3 Å². The van der Waals surface area contributed by atoms with Crippen molar-refractivity contribution in [2.24, 2.45) is 5.92 Å². The van der Waals surface area contributed by atoms with Crippen molar-refractivity contribution in [1.29, 1.82) is 0 Å². The summed E-state index contributed by atoms with van der Waals surface area (Å²) in [5.74, 6) is 0.189. The third-order valence-electron chi connectivity index (χ3n) is 4.44. The van der Waals surface area contributed by atoms with Gasteiger partial charge in [0.1, 0.15) is 5.51 Å². The number of carbonyl (C=O) groups excluding carboxylic acids is 2. The van der Waals surface area contributed by atoms with E-state index >= 15 is 0 Å². The lowest BCUT2D eigenvalue weighted by molar-refractivity contribution is -0.148. The van der Waals surface area contributed by atoms with Crippen LogP contribution in [0, 0.1) is 5.92 Å². The van der Waals surface area contributed by atoms with Crippen molar-refractivity contribution in [3.8, 4) is 0 Å². The summed E-state index contributed by atoms with van der Waals surface area (Å²) in [4.78, 5) is 28.5. The highest BCUT2D eigenvalue weighted by atomic mass is 32.1. The first-order valence-electron chi connectivity index (χ1n) is 8.29. The van der Waals surface area contributed by atoms with Gasteiger partial charge in [-0.05, 0) is 26.7 Å². The van der Waals surface area contributed by atoms with E-state index < -0.39 is 0 Å². The average Bonchev–Trinajstić information content (AvgIpc) is 3.06. The molecule has 0 aliphatic carbocycles. The predicted molar refractivity (Wildman–Crippen MR) is 89.8 cm³/mol. The maximum absolute atomic E-state index is 12.7. The third kappa shape index (κ3) is 4.02. The van der Waals surface area contributed by atoms with Gasteiger partial charge in [-0.2, -0.15) is 0 Å². The molecule has 9 heteroatoms. The summed E-state index contributed by atoms with van der Waals surface area (Å²) < 4.78 is 5.69. The molecule has 0 radical (unpaired) electrons. The second kappa shape index (κ2) is 7.43. The second-order valence-corrected chi connectivity index (χ2v) is 7.27. The van der Waals surface area contributed by atoms with Crippen LogP contribution in [-0.2, 0) is 9.53 Å². The van der Waals surface area contributed by atoms with Gasteiger partial charge in [0.05, 0.1) is 12.2 Å². The van der Waals surface area contributed by atoms with Crippen LogP contribution in [0.1, 0.15) is 26.7 Å². The molecule has 0 unspecified atom stereocenters. The van der Waals surface area contributed by atoms with Crippen LogP contribution in [0.15, 0.2) is 5.51 Å². The van der Waals surface area contributed by atoms with Crippen molar-refractivity contribution in [3.05, 3.63) is 5.51 Å². The zero-order chi connectivity index (χ0) is 17.1. The summed E-state index contributed by atoms with van der Waals surface area (Å²) in [6.45, 7) is 6.46. The van der Waals surface area contributed by atoms with E-state index in [1.165, 1.54) is 11.3 Å². The Balaban J connectivity index is 1.49. The lowest BCUT2D eigenvalue weighted by Crippen LogP contribution is -2.52. The molecule has 0 bridgehead atoms. The summed E-state index contributed by atoms with van der Waals surface area (Å²) in [6.07, 6.45) is 1.55. The van der Waals surface area contributed by atoms with Gasteiger partial charge in [0, 0.05) is 32.1 Å². The van der Waals surface area contributed by atoms with E-state index in [1.54, 1.807) is 10.4 Å². The molecule has 2 aliphatic heterocycles. The van der Waals surface area contributed by atoms with Crippen molar-refractivity contribution in [3.63, 3.8) is 0 Å². The first kappa shape index (κ1) is 17.1. The number of likely N-dealkylation sites (tertiary alicyclic amines) is 1. The van der Waals surface area contributed by atoms with Gasteiger partial charge in [-0.3, -0.25) is 10.1 Å². The highest BCUT2D eigenvalue weighted by molar-refractivity contribution is 7.13. The van der Waals surface area contributed by atoms with Gasteiger partial charge in [-0.25, -0.2) is 4.79 Å². The van der Waals surface area contributed by atoms with Gasteiger partial charge < -0.3 is 14.5 Å². The number of amides is 3. The fourth-order valence-electron chi connectivity index (χ4n) is 3.34. The Bertz CT molecular complexity index is 564. The number of anilines is 1. The Hall–Kier alpha value is -1.74. The molecule has 1 aromatic rings. The molecule has 3 heterocycles. The molecule has 0 aromatic carbocycles. The van der Waals surface area contributed by atoms with Crippen LogP contribution in [0.25, 0.3) is 0 Å². The molecule has 3 rings (SSSR count). The minimum atomic E-state index is -0.175. The van der Waals surface area contributed by atoms with Gasteiger partial charge in [0.25, 0.3) is 0 Å². The van der Waals surface area contributed by atoms with Gasteiger partial charge in [0.2, 0.25) is 11.0 Å². The summed E-state index contributed by atoms with van der Waals surface area (Å²) >= 11 is 1.29. The van der Waals surface area contributed by atoms with E-state index in [0.717, 1.165) is 0 Å². The zero-order valence-corrected chi connectivity index (χ0v) is 14.8. The molecule has 2 saturated heterocycles. The Morgan fingerprint density at radius 2 is 1.88 bits per heavy atom. The Morgan fingerprint density at radius 1 is 1.21 bits per heavy atom. The first-order chi connectivity index (χ1) is 11.5. The van der Waals surface area contributed by atoms with Crippen molar-refractivity contribution >= 4 is 28.4 Å². The first-order valence-corrected chi connectivity index (χ1v) is 9.17. The molecule has 24 heavy (non-hydrogen) atoms. The molecule has 2 fully saturated rings. The molecule has 2 atom stereocenters. The van der Waals surface area contributed by atoms with Crippen molar-refractivity contribution in [2.75, 3.05) is 31.5 Å². The van der Waals surface area contributed by atoms with E-state index in [9.17, 15) is 9.59 Å². The Labute approximate surface area is 145 Å². The summed E-state index contributed by atoms with van der Waals surface area (Å²) in [6, 6.07) is -0.175. The van der Waals surface area contributed by atoms with Gasteiger partial charge >= 0.3 is 6.03 Å². The number of hydrogen-bond donors (Lipinski definition) is 1. The van der Waals surface area contributed by atoms with Crippen molar-refractivity contribution in [2.45, 2.75) is 38.9 Å². The van der Waals surface area contributed by atoms with Crippen molar-refractivity contribution < 1.29 is 14.3 Å². The van der Waals surface area contributed by atoms with Gasteiger partial charge in [-0.15, -0.1) is 10.2 Å². The minimum Gasteiger partial charge on any atom is -0.372 e. The van der Waals surface area contributed by atoms with E-state index in [2.05, 4.69) is 15.5 Å². The largest absolute Gasteiger partial charge is 0.372 e. The number of carbonyl (C=O) groups is 2. The third-order valence-corrected chi connectivity index (χ3v) is 5.04. The van der Waals surface area contributed by atoms with E-state index in [-0.39, 0.29) is 30.1 Å². The fourth-order valence-corrected chi connectivity index (χ4v) is 3.78. The smallest absolute Gasteiger partial charge is 0.323 e. The molecule has 1 N–H and O–H groups in total. The molecule has 0 spiro atoms. The van der Waals surface area contributed by atoms with Crippen LogP contribution in [0.3, 0.4) is 0 Å². The lowest BCUT2D eigenvalue weighted by atomic mass is 9.95. The standard InChI is InChI=1S/C15H23N5O3S/c1-10-7-20(8-11(2)23-10)13(21)12-3-5-19(6-4-12)15(22)17-14-18-16-9-24-14/h9-12H,3-8H2,1-2H3,(H,17,18,22)/t10-,11-/m1/s1. The van der Waals surface area contributed by atoms with Crippen LogP contribution in [0.5, 0.6) is 0 Å². The summed E-state index contributed by atoms with van der Waals surface area (Å²) in [5.41, 5.74) is 1.57. The van der Waals surface area contributed by atoms with Gasteiger partial charge in [0.15, 0.2) is 0 Å². The van der Waals surface area contributed by atoms with Crippen molar-refractivity contribution in [1.82, 2.24) is 20.0 Å². The molecule has 132 valence electrons. The molecule has 3 amide bonds. The number of urea groups is 1. The van der Waals surface area contributed by atoms with Crippen LogP contribution in [0.2, 0.25) is 0 Å². The van der Waals surface area contributed by atoms with E-state index in [4.69, 9.17) is 4.74 Å². The van der Waals surface area contributed by atoms with E-state index in [0.29, 0.717) is 44.2 Å². The number of nitrogens with zero attached hydrogens (tertiary/aromatic N) is 4. The molecular formula is C15H23N5O3S. The van der Waals surface area contributed by atoms with Crippen LogP contribution < -0.4 is 5.32 Å². The zero-order valence-electron chi connectivity index (χ0n) is 14.0. The summed E-state index contributed by atoms with van der Waals surface area (Å²) in [7, 11) is 0. The maximum Gasteiger partial charge on any atom is 0.323 e. The average molecular weight is 353 g/mol. The Morgan fingerprint density at radius 3 is 2.46 bits per heavy atom. The van der Waals surface area contributed by atoms with Crippen LogP contribution in [0.4, 0.5) is 9.93 Å². The van der Waals surface area contributed by atoms with Gasteiger partial charge in [-0.1, -0.05) is 11.3 Å². The maximum atomic E-state index is 12.7. The minimum absolute atomic E-state index is 0.00641. The lowest BCUT2D eigenvalue weighted by Gasteiger charge is -2.39. The highest BCUT2D eigenvalue weighted by Gasteiger charge is 2.33. The number of ether oxygens (including phenoxy) is 1. The number of nitrogens with one attached hydrogen (secondary N) is 1. The number of piperidine rings is 1. The normalized spacial score (nSPS) is 25.6. The van der Waals surface area contributed by atoms with Crippen LogP contribution in [-0.4, -0.2) is 70.3 Å².